The predicted molar refractivity (Wildman–Crippen MR) is 121 cm³/mol. The molecule has 1 saturated heterocycles. The van der Waals surface area contributed by atoms with E-state index in [-0.39, 0.29) is 16.3 Å². The Morgan fingerprint density at radius 3 is 2.41 bits per heavy atom. The van der Waals surface area contributed by atoms with Crippen molar-refractivity contribution in [3.8, 4) is 0 Å². The van der Waals surface area contributed by atoms with Crippen LogP contribution in [0.25, 0.3) is 5.65 Å². The van der Waals surface area contributed by atoms with Crippen LogP contribution < -0.4 is 15.2 Å². The standard InChI is InChI=1S/C22H34N4O2S/c1-15-12-17(16(2)24-29(28)21(3,4)5)20-23-18(13-19(27)26(20)14-15)25-10-8-22(6,7)9-11-25/h12-14,16,24H,8-11H2,1-7H3/t16-,29?/m1/s1. The topological polar surface area (TPSA) is 66.7 Å². The summed E-state index contributed by atoms with van der Waals surface area (Å²) in [7, 11) is -1.22. The van der Waals surface area contributed by atoms with E-state index >= 15 is 0 Å². The van der Waals surface area contributed by atoms with E-state index in [4.69, 9.17) is 4.98 Å². The second-order valence-electron chi connectivity index (χ2n) is 9.99. The Kier molecular flexibility index (Phi) is 5.94. The number of aromatic nitrogens is 2. The predicted octanol–water partition coefficient (Wildman–Crippen LogP) is 3.74. The molecule has 0 amide bonds. The molecular formula is C22H34N4O2S. The van der Waals surface area contributed by atoms with E-state index in [1.165, 1.54) is 0 Å². The van der Waals surface area contributed by atoms with Gasteiger partial charge in [0, 0.05) is 37.0 Å². The van der Waals surface area contributed by atoms with Crippen molar-refractivity contribution in [2.24, 2.45) is 5.41 Å². The lowest BCUT2D eigenvalue weighted by Crippen LogP contribution is -2.38. The van der Waals surface area contributed by atoms with Crippen LogP contribution in [0.4, 0.5) is 5.82 Å². The van der Waals surface area contributed by atoms with Crippen molar-refractivity contribution in [2.75, 3.05) is 18.0 Å². The molecule has 29 heavy (non-hydrogen) atoms. The van der Waals surface area contributed by atoms with E-state index in [0.717, 1.165) is 42.9 Å². The van der Waals surface area contributed by atoms with Crippen LogP contribution in [0.3, 0.4) is 0 Å². The van der Waals surface area contributed by atoms with Crippen LogP contribution in [-0.2, 0) is 11.0 Å². The van der Waals surface area contributed by atoms with Crippen molar-refractivity contribution in [3.05, 3.63) is 39.8 Å². The van der Waals surface area contributed by atoms with Gasteiger partial charge in [0.05, 0.1) is 15.7 Å². The molecule has 0 spiro atoms. The number of hydrogen-bond donors (Lipinski definition) is 1. The third-order valence-electron chi connectivity index (χ3n) is 5.66. The van der Waals surface area contributed by atoms with Crippen molar-refractivity contribution in [1.82, 2.24) is 14.1 Å². The number of hydrogen-bond acceptors (Lipinski definition) is 4. The van der Waals surface area contributed by atoms with Gasteiger partial charge in [-0.1, -0.05) is 13.8 Å². The monoisotopic (exact) mass is 418 g/mol. The summed E-state index contributed by atoms with van der Waals surface area (Å²) < 4.78 is 17.0. The van der Waals surface area contributed by atoms with E-state index in [0.29, 0.717) is 11.1 Å². The first-order chi connectivity index (χ1) is 13.4. The third kappa shape index (κ3) is 4.89. The van der Waals surface area contributed by atoms with E-state index in [2.05, 4.69) is 23.5 Å². The van der Waals surface area contributed by atoms with Gasteiger partial charge < -0.3 is 4.90 Å². The van der Waals surface area contributed by atoms with E-state index in [9.17, 15) is 9.00 Å². The summed E-state index contributed by atoms with van der Waals surface area (Å²) in [5.74, 6) is 0.736. The fourth-order valence-corrected chi connectivity index (χ4v) is 4.38. The van der Waals surface area contributed by atoms with Gasteiger partial charge >= 0.3 is 0 Å². The van der Waals surface area contributed by atoms with Gasteiger partial charge in [-0.3, -0.25) is 9.20 Å². The Hall–Kier alpha value is -1.73. The summed E-state index contributed by atoms with van der Waals surface area (Å²) in [6.45, 7) is 16.1. The van der Waals surface area contributed by atoms with Gasteiger partial charge in [-0.05, 0) is 64.5 Å². The molecule has 3 heterocycles. The average Bonchev–Trinajstić information content (AvgIpc) is 2.60. The maximum Gasteiger partial charge on any atom is 0.259 e. The van der Waals surface area contributed by atoms with Gasteiger partial charge in [0.1, 0.15) is 11.5 Å². The zero-order valence-electron chi connectivity index (χ0n) is 18.7. The lowest BCUT2D eigenvalue weighted by Gasteiger charge is -2.37. The lowest BCUT2D eigenvalue weighted by atomic mass is 9.83. The summed E-state index contributed by atoms with van der Waals surface area (Å²) in [6, 6.07) is 3.47. The highest BCUT2D eigenvalue weighted by molar-refractivity contribution is 7.84. The van der Waals surface area contributed by atoms with Crippen LogP contribution in [0.5, 0.6) is 0 Å². The van der Waals surface area contributed by atoms with Crippen molar-refractivity contribution >= 4 is 22.5 Å². The Morgan fingerprint density at radius 2 is 1.83 bits per heavy atom. The number of anilines is 1. The van der Waals surface area contributed by atoms with Crippen LogP contribution in [-0.4, -0.2) is 31.4 Å². The minimum atomic E-state index is -1.22. The molecule has 1 aliphatic rings. The van der Waals surface area contributed by atoms with Gasteiger partial charge in [0.15, 0.2) is 0 Å². The summed E-state index contributed by atoms with van der Waals surface area (Å²) in [5.41, 5.74) is 2.75. The number of aryl methyl sites for hydroxylation is 1. The molecule has 2 aromatic rings. The highest BCUT2D eigenvalue weighted by Crippen LogP contribution is 2.31. The highest BCUT2D eigenvalue weighted by Gasteiger charge is 2.27. The second kappa shape index (κ2) is 7.84. The largest absolute Gasteiger partial charge is 0.356 e. The molecule has 3 rings (SSSR count). The molecule has 0 saturated carbocycles. The molecule has 0 aromatic carbocycles. The zero-order chi connectivity index (χ0) is 21.6. The summed E-state index contributed by atoms with van der Waals surface area (Å²) in [5, 5.41) is 0. The molecule has 0 radical (unpaired) electrons. The Morgan fingerprint density at radius 1 is 1.21 bits per heavy atom. The minimum absolute atomic E-state index is 0.0797. The number of pyridine rings is 1. The number of rotatable bonds is 4. The molecule has 1 fully saturated rings. The SMILES string of the molecule is Cc1cc([C@@H](C)NS(=O)C(C)(C)C)c2nc(N3CCC(C)(C)CC3)cc(=O)n2c1. The van der Waals surface area contributed by atoms with Crippen molar-refractivity contribution in [2.45, 2.75) is 72.1 Å². The highest BCUT2D eigenvalue weighted by atomic mass is 32.2. The van der Waals surface area contributed by atoms with Gasteiger partial charge in [-0.25, -0.2) is 13.9 Å². The maximum absolute atomic E-state index is 12.9. The zero-order valence-corrected chi connectivity index (χ0v) is 19.5. The van der Waals surface area contributed by atoms with Crippen LogP contribution in [0.1, 0.15) is 71.6 Å². The van der Waals surface area contributed by atoms with Crippen LogP contribution in [0.15, 0.2) is 23.1 Å². The van der Waals surface area contributed by atoms with Gasteiger partial charge in [-0.15, -0.1) is 0 Å². The molecule has 0 bridgehead atoms. The quantitative estimate of drug-likeness (QED) is 0.821. The molecule has 7 heteroatoms. The number of piperidine rings is 1. The van der Waals surface area contributed by atoms with Gasteiger partial charge in [0.25, 0.3) is 5.56 Å². The first-order valence-corrected chi connectivity index (χ1v) is 11.5. The lowest BCUT2D eigenvalue weighted by molar-refractivity contribution is 0.279. The molecule has 2 aromatic heterocycles. The van der Waals surface area contributed by atoms with Gasteiger partial charge in [0.2, 0.25) is 0 Å². The van der Waals surface area contributed by atoms with Crippen LogP contribution in [0, 0.1) is 12.3 Å². The second-order valence-corrected chi connectivity index (χ2v) is 12.0. The molecule has 0 aliphatic carbocycles. The summed E-state index contributed by atoms with van der Waals surface area (Å²) in [6.07, 6.45) is 3.99. The molecule has 6 nitrogen and oxygen atoms in total. The Labute approximate surface area is 176 Å². The van der Waals surface area contributed by atoms with Gasteiger partial charge in [-0.2, -0.15) is 0 Å². The Bertz CT molecular complexity index is 981. The van der Waals surface area contributed by atoms with E-state index in [1.54, 1.807) is 10.5 Å². The summed E-state index contributed by atoms with van der Waals surface area (Å²) in [4.78, 5) is 20.0. The molecule has 1 aliphatic heterocycles. The minimum Gasteiger partial charge on any atom is -0.356 e. The van der Waals surface area contributed by atoms with E-state index < -0.39 is 11.0 Å². The average molecular weight is 419 g/mol. The van der Waals surface area contributed by atoms with Crippen LogP contribution in [0.2, 0.25) is 0 Å². The number of nitrogens with one attached hydrogen (secondary N) is 1. The normalized spacial score (nSPS) is 19.3. The number of nitrogens with zero attached hydrogens (tertiary/aromatic N) is 3. The smallest absolute Gasteiger partial charge is 0.259 e. The fraction of sp³-hybridized carbons (Fsp3) is 0.636. The summed E-state index contributed by atoms with van der Waals surface area (Å²) >= 11 is 0. The Balaban J connectivity index is 2.03. The molecular weight excluding hydrogens is 384 g/mol. The molecule has 1 unspecified atom stereocenters. The van der Waals surface area contributed by atoms with Crippen LogP contribution >= 0.6 is 0 Å². The third-order valence-corrected chi connectivity index (χ3v) is 7.34. The maximum atomic E-state index is 12.9. The van der Waals surface area contributed by atoms with Crippen molar-refractivity contribution in [3.63, 3.8) is 0 Å². The van der Waals surface area contributed by atoms with Crippen molar-refractivity contribution < 1.29 is 4.21 Å². The fourth-order valence-electron chi connectivity index (χ4n) is 3.58. The first-order valence-electron chi connectivity index (χ1n) is 10.3. The number of fused-ring (bicyclic) bond motifs is 1. The van der Waals surface area contributed by atoms with E-state index in [1.807, 2.05) is 46.9 Å². The first kappa shape index (κ1) is 22.0. The molecule has 2 atom stereocenters. The molecule has 160 valence electrons. The molecule has 1 N–H and O–H groups in total. The van der Waals surface area contributed by atoms with Crippen molar-refractivity contribution in [1.29, 1.82) is 0 Å².